The molecule has 0 spiro atoms. The van der Waals surface area contributed by atoms with Crippen LogP contribution in [0, 0.1) is 17.8 Å². The zero-order valence-corrected chi connectivity index (χ0v) is 15.5. The Kier molecular flexibility index (Phi) is 6.58. The molecule has 1 heterocycles. The highest BCUT2D eigenvalue weighted by atomic mass is 32.2. The second-order valence-electron chi connectivity index (χ2n) is 6.98. The molecule has 2 rings (SSSR count). The highest BCUT2D eigenvalue weighted by Gasteiger charge is 2.43. The normalized spacial score (nSPS) is 28.6. The molecule has 1 aromatic rings. The molecular formula is C19H28O4S. The molecule has 0 amide bonds. The van der Waals surface area contributed by atoms with Gasteiger partial charge in [-0.25, -0.2) is 8.42 Å². The van der Waals surface area contributed by atoms with Gasteiger partial charge in [-0.1, -0.05) is 45.4 Å². The van der Waals surface area contributed by atoms with Crippen LogP contribution >= 0.6 is 0 Å². The molecule has 0 saturated carbocycles. The van der Waals surface area contributed by atoms with Crippen LogP contribution in [-0.4, -0.2) is 32.7 Å². The van der Waals surface area contributed by atoms with Crippen molar-refractivity contribution in [1.29, 1.82) is 0 Å². The quantitative estimate of drug-likeness (QED) is 0.672. The summed E-state index contributed by atoms with van der Waals surface area (Å²) in [6.45, 7) is 6.38. The van der Waals surface area contributed by atoms with Gasteiger partial charge in [0.05, 0.1) is 22.9 Å². The van der Waals surface area contributed by atoms with E-state index in [1.807, 2.05) is 0 Å². The molecule has 0 aliphatic carbocycles. The van der Waals surface area contributed by atoms with E-state index in [1.54, 1.807) is 30.3 Å². The van der Waals surface area contributed by atoms with Crippen molar-refractivity contribution in [2.45, 2.75) is 57.1 Å². The van der Waals surface area contributed by atoms with Crippen LogP contribution in [0.5, 0.6) is 0 Å². The number of ether oxygens (including phenoxy) is 1. The van der Waals surface area contributed by atoms with Gasteiger partial charge in [0, 0.05) is 12.3 Å². The SMILES string of the molecule is CC[C@@H](C)C[C@H]1O[C@@H](CC=O)[C@H](CS(=O)(=O)c2ccccc2)[C@@H]1C. The van der Waals surface area contributed by atoms with E-state index in [0.29, 0.717) is 10.8 Å². The molecule has 5 heteroatoms. The molecule has 1 aliphatic heterocycles. The monoisotopic (exact) mass is 352 g/mol. The Morgan fingerprint density at radius 1 is 1.21 bits per heavy atom. The lowest BCUT2D eigenvalue weighted by atomic mass is 9.85. The number of carbonyl (C=O) groups excluding carboxylic acids is 1. The Labute approximate surface area is 145 Å². The fourth-order valence-electron chi connectivity index (χ4n) is 3.46. The molecule has 1 aromatic carbocycles. The lowest BCUT2D eigenvalue weighted by Crippen LogP contribution is -2.28. The van der Waals surface area contributed by atoms with E-state index in [1.165, 1.54) is 0 Å². The van der Waals surface area contributed by atoms with Crippen molar-refractivity contribution < 1.29 is 17.9 Å². The van der Waals surface area contributed by atoms with Gasteiger partial charge in [0.2, 0.25) is 0 Å². The maximum Gasteiger partial charge on any atom is 0.178 e. The maximum absolute atomic E-state index is 12.7. The summed E-state index contributed by atoms with van der Waals surface area (Å²) < 4.78 is 31.5. The minimum atomic E-state index is -3.38. The minimum absolute atomic E-state index is 0.0286. The van der Waals surface area contributed by atoms with Crippen molar-refractivity contribution >= 4 is 16.1 Å². The Morgan fingerprint density at radius 2 is 1.88 bits per heavy atom. The van der Waals surface area contributed by atoms with E-state index in [4.69, 9.17) is 4.74 Å². The van der Waals surface area contributed by atoms with E-state index in [0.717, 1.165) is 19.1 Å². The van der Waals surface area contributed by atoms with E-state index < -0.39 is 9.84 Å². The topological polar surface area (TPSA) is 60.4 Å². The molecule has 0 radical (unpaired) electrons. The number of hydrogen-bond acceptors (Lipinski definition) is 4. The van der Waals surface area contributed by atoms with E-state index >= 15 is 0 Å². The number of aldehydes is 1. The van der Waals surface area contributed by atoms with Crippen LogP contribution in [0.25, 0.3) is 0 Å². The fraction of sp³-hybridized carbons (Fsp3) is 0.632. The van der Waals surface area contributed by atoms with Gasteiger partial charge in [-0.15, -0.1) is 0 Å². The number of carbonyl (C=O) groups is 1. The van der Waals surface area contributed by atoms with Crippen molar-refractivity contribution in [3.63, 3.8) is 0 Å². The van der Waals surface area contributed by atoms with Crippen LogP contribution in [0.1, 0.15) is 40.0 Å². The fourth-order valence-corrected chi connectivity index (χ4v) is 5.25. The van der Waals surface area contributed by atoms with Gasteiger partial charge in [0.1, 0.15) is 6.29 Å². The molecule has 134 valence electrons. The van der Waals surface area contributed by atoms with Crippen LogP contribution in [0.2, 0.25) is 0 Å². The summed E-state index contributed by atoms with van der Waals surface area (Å²) in [5, 5.41) is 0. The first-order valence-electron chi connectivity index (χ1n) is 8.76. The third kappa shape index (κ3) is 4.45. The third-order valence-electron chi connectivity index (χ3n) is 5.26. The van der Waals surface area contributed by atoms with Crippen LogP contribution in [0.3, 0.4) is 0 Å². The summed E-state index contributed by atoms with van der Waals surface area (Å²) in [4.78, 5) is 11.3. The minimum Gasteiger partial charge on any atom is -0.374 e. The molecule has 24 heavy (non-hydrogen) atoms. The van der Waals surface area contributed by atoms with Crippen LogP contribution in [-0.2, 0) is 19.4 Å². The molecule has 0 N–H and O–H groups in total. The number of hydrogen-bond donors (Lipinski definition) is 0. The molecular weight excluding hydrogens is 324 g/mol. The zero-order chi connectivity index (χ0) is 17.7. The summed E-state index contributed by atoms with van der Waals surface area (Å²) in [6.07, 6.45) is 2.81. The lowest BCUT2D eigenvalue weighted by molar-refractivity contribution is -0.110. The summed E-state index contributed by atoms with van der Waals surface area (Å²) in [5.41, 5.74) is 0. The van der Waals surface area contributed by atoms with Gasteiger partial charge in [0.25, 0.3) is 0 Å². The summed E-state index contributed by atoms with van der Waals surface area (Å²) >= 11 is 0. The predicted molar refractivity (Wildman–Crippen MR) is 94.6 cm³/mol. The molecule has 1 aliphatic rings. The predicted octanol–water partition coefficient (Wildman–Crippen LogP) is 3.51. The Hall–Kier alpha value is -1.20. The second kappa shape index (κ2) is 8.26. The van der Waals surface area contributed by atoms with Gasteiger partial charge < -0.3 is 9.53 Å². The molecule has 0 bridgehead atoms. The average molecular weight is 352 g/mol. The molecule has 5 atom stereocenters. The first-order chi connectivity index (χ1) is 11.4. The van der Waals surface area contributed by atoms with Gasteiger partial charge in [-0.2, -0.15) is 0 Å². The van der Waals surface area contributed by atoms with Gasteiger partial charge in [0.15, 0.2) is 9.84 Å². The molecule has 1 saturated heterocycles. The highest BCUT2D eigenvalue weighted by molar-refractivity contribution is 7.91. The van der Waals surface area contributed by atoms with Gasteiger partial charge >= 0.3 is 0 Å². The smallest absolute Gasteiger partial charge is 0.178 e. The van der Waals surface area contributed by atoms with Crippen molar-refractivity contribution in [1.82, 2.24) is 0 Å². The number of benzene rings is 1. The molecule has 4 nitrogen and oxygen atoms in total. The maximum atomic E-state index is 12.7. The second-order valence-corrected chi connectivity index (χ2v) is 9.02. The zero-order valence-electron chi connectivity index (χ0n) is 14.7. The summed E-state index contributed by atoms with van der Waals surface area (Å²) in [5.74, 6) is 0.545. The van der Waals surface area contributed by atoms with Crippen LogP contribution < -0.4 is 0 Å². The Balaban J connectivity index is 2.18. The van der Waals surface area contributed by atoms with Crippen LogP contribution in [0.4, 0.5) is 0 Å². The van der Waals surface area contributed by atoms with Crippen molar-refractivity contribution in [3.8, 4) is 0 Å². The van der Waals surface area contributed by atoms with E-state index in [2.05, 4.69) is 20.8 Å². The summed E-state index contributed by atoms with van der Waals surface area (Å²) in [7, 11) is -3.38. The Morgan fingerprint density at radius 3 is 2.46 bits per heavy atom. The first kappa shape index (κ1) is 19.1. The third-order valence-corrected chi connectivity index (χ3v) is 7.08. The average Bonchev–Trinajstić information content (AvgIpc) is 2.84. The lowest BCUT2D eigenvalue weighted by Gasteiger charge is -2.21. The van der Waals surface area contributed by atoms with Crippen LogP contribution in [0.15, 0.2) is 35.2 Å². The number of sulfone groups is 1. The van der Waals surface area contributed by atoms with Gasteiger partial charge in [-0.05, 0) is 30.4 Å². The summed E-state index contributed by atoms with van der Waals surface area (Å²) in [6, 6.07) is 8.52. The molecule has 1 fully saturated rings. The van der Waals surface area contributed by atoms with Crippen molar-refractivity contribution in [3.05, 3.63) is 30.3 Å². The van der Waals surface area contributed by atoms with E-state index in [-0.39, 0.29) is 36.2 Å². The molecule has 0 aromatic heterocycles. The largest absolute Gasteiger partial charge is 0.374 e. The van der Waals surface area contributed by atoms with Crippen molar-refractivity contribution in [2.75, 3.05) is 5.75 Å². The van der Waals surface area contributed by atoms with Crippen molar-refractivity contribution in [2.24, 2.45) is 17.8 Å². The highest BCUT2D eigenvalue weighted by Crippen LogP contribution is 2.38. The Bertz CT molecular complexity index is 626. The molecule has 0 unspecified atom stereocenters. The van der Waals surface area contributed by atoms with E-state index in [9.17, 15) is 13.2 Å². The standard InChI is InChI=1S/C19H28O4S/c1-4-14(2)12-19-15(3)17(18(23-19)10-11-20)13-24(21,22)16-8-6-5-7-9-16/h5-9,11,14-15,17-19H,4,10,12-13H2,1-3H3/t14-,15+,17-,18+,19-/m1/s1. The first-order valence-corrected chi connectivity index (χ1v) is 10.4. The number of rotatable bonds is 8. The van der Waals surface area contributed by atoms with Gasteiger partial charge in [-0.3, -0.25) is 0 Å².